The van der Waals surface area contributed by atoms with E-state index in [1.807, 2.05) is 39.0 Å². The Morgan fingerprint density at radius 3 is 1.80 bits per heavy atom. The third-order valence-electron chi connectivity index (χ3n) is 5.77. The highest BCUT2D eigenvalue weighted by atomic mass is 16.1. The number of rotatable bonds is 6. The summed E-state index contributed by atoms with van der Waals surface area (Å²) in [4.78, 5) is 19.4. The van der Waals surface area contributed by atoms with Crippen molar-refractivity contribution in [1.29, 1.82) is 0 Å². The zero-order valence-corrected chi connectivity index (χ0v) is 17.9. The van der Waals surface area contributed by atoms with E-state index >= 15 is 0 Å². The van der Waals surface area contributed by atoms with Crippen LogP contribution in [-0.2, 0) is 19.6 Å². The minimum absolute atomic E-state index is 0.147. The number of fused-ring (bicyclic) bond motifs is 1. The Balaban J connectivity index is 1.74. The fourth-order valence-corrected chi connectivity index (χ4v) is 4.11. The second kappa shape index (κ2) is 8.68. The van der Waals surface area contributed by atoms with Crippen LogP contribution >= 0.6 is 0 Å². The molecule has 4 aromatic rings. The molecular weight excluding hydrogens is 368 g/mol. The monoisotopic (exact) mass is 396 g/mol. The van der Waals surface area contributed by atoms with Gasteiger partial charge in [0.25, 0.3) is 0 Å². The van der Waals surface area contributed by atoms with E-state index in [1.165, 1.54) is 11.1 Å². The topological polar surface area (TPSA) is 36.1 Å². The van der Waals surface area contributed by atoms with Crippen LogP contribution in [0.15, 0.2) is 77.6 Å². The highest BCUT2D eigenvalue weighted by Gasteiger charge is 2.16. The lowest BCUT2D eigenvalue weighted by Crippen LogP contribution is -2.27. The summed E-state index contributed by atoms with van der Waals surface area (Å²) in [5.74, 6) is 0. The van der Waals surface area contributed by atoms with Crippen molar-refractivity contribution < 1.29 is 0 Å². The van der Waals surface area contributed by atoms with E-state index in [9.17, 15) is 4.79 Å². The number of pyridine rings is 1. The zero-order chi connectivity index (χ0) is 21.1. The smallest absolute Gasteiger partial charge is 0.194 e. The first-order chi connectivity index (χ1) is 14.5. The van der Waals surface area contributed by atoms with Crippen molar-refractivity contribution in [2.24, 2.45) is 0 Å². The molecule has 0 atom stereocenters. The van der Waals surface area contributed by atoms with Crippen LogP contribution in [0.2, 0.25) is 0 Å². The predicted molar refractivity (Wildman–Crippen MR) is 125 cm³/mol. The second-order valence-corrected chi connectivity index (χ2v) is 8.12. The van der Waals surface area contributed by atoms with Crippen LogP contribution in [0.1, 0.15) is 33.5 Å². The summed E-state index contributed by atoms with van der Waals surface area (Å²) >= 11 is 0. The molecule has 0 saturated carbocycles. The average Bonchev–Trinajstić information content (AvgIpc) is 2.75. The summed E-state index contributed by atoms with van der Waals surface area (Å²) in [5, 5.41) is 0.815. The summed E-state index contributed by atoms with van der Waals surface area (Å²) in [7, 11) is 0. The maximum absolute atomic E-state index is 13.5. The standard InChI is InChI=1S/C27H28N2O/c1-19-14-15-20(2)26-25(19)27(30)24(21(3)28-26)18-29(16-22-10-6-4-7-11-22)17-23-12-8-5-9-13-23/h4-15H,16-18H2,1-3H3,(H,28,30). The Morgan fingerprint density at radius 2 is 1.23 bits per heavy atom. The lowest BCUT2D eigenvalue weighted by molar-refractivity contribution is 0.246. The van der Waals surface area contributed by atoms with Crippen molar-refractivity contribution in [3.05, 3.63) is 117 Å². The summed E-state index contributed by atoms with van der Waals surface area (Å²) in [6.45, 7) is 8.27. The summed E-state index contributed by atoms with van der Waals surface area (Å²) in [6.07, 6.45) is 0. The molecule has 0 aliphatic carbocycles. The van der Waals surface area contributed by atoms with Gasteiger partial charge in [-0.15, -0.1) is 0 Å². The lowest BCUT2D eigenvalue weighted by atomic mass is 10.0. The van der Waals surface area contributed by atoms with Gasteiger partial charge >= 0.3 is 0 Å². The maximum Gasteiger partial charge on any atom is 0.194 e. The van der Waals surface area contributed by atoms with Crippen LogP contribution in [0.5, 0.6) is 0 Å². The third kappa shape index (κ3) is 4.22. The van der Waals surface area contributed by atoms with Gasteiger partial charge in [0.1, 0.15) is 0 Å². The molecule has 0 radical (unpaired) electrons. The Hall–Kier alpha value is -3.17. The first kappa shape index (κ1) is 20.1. The molecule has 3 heteroatoms. The summed E-state index contributed by atoms with van der Waals surface area (Å²) < 4.78 is 0. The van der Waals surface area contributed by atoms with Crippen molar-refractivity contribution in [2.75, 3.05) is 0 Å². The number of hydrogen-bond donors (Lipinski definition) is 1. The average molecular weight is 397 g/mol. The molecule has 0 fully saturated rings. The van der Waals surface area contributed by atoms with Gasteiger partial charge in [-0.1, -0.05) is 72.8 Å². The van der Waals surface area contributed by atoms with E-state index < -0.39 is 0 Å². The summed E-state index contributed by atoms with van der Waals surface area (Å²) in [5.41, 5.74) is 7.53. The molecule has 0 aliphatic rings. The van der Waals surface area contributed by atoms with Crippen LogP contribution in [0.3, 0.4) is 0 Å². The SMILES string of the molecule is Cc1[nH]c2c(C)ccc(C)c2c(=O)c1CN(Cc1ccccc1)Cc1ccccc1. The largest absolute Gasteiger partial charge is 0.358 e. The van der Waals surface area contributed by atoms with Crippen molar-refractivity contribution >= 4 is 10.9 Å². The van der Waals surface area contributed by atoms with Gasteiger partial charge in [-0.05, 0) is 43.0 Å². The molecule has 152 valence electrons. The molecule has 3 aromatic carbocycles. The summed E-state index contributed by atoms with van der Waals surface area (Å²) in [6, 6.07) is 25.0. The van der Waals surface area contributed by atoms with Crippen LogP contribution < -0.4 is 5.43 Å². The number of hydrogen-bond acceptors (Lipinski definition) is 2. The predicted octanol–water partition coefficient (Wildman–Crippen LogP) is 5.66. The fourth-order valence-electron chi connectivity index (χ4n) is 4.11. The molecule has 0 bridgehead atoms. The normalized spacial score (nSPS) is 11.3. The molecule has 3 nitrogen and oxygen atoms in total. The third-order valence-corrected chi connectivity index (χ3v) is 5.77. The molecule has 30 heavy (non-hydrogen) atoms. The molecular formula is C27H28N2O. The van der Waals surface area contributed by atoms with Crippen LogP contribution in [0, 0.1) is 20.8 Å². The number of aromatic nitrogens is 1. The van der Waals surface area contributed by atoms with Crippen molar-refractivity contribution in [1.82, 2.24) is 9.88 Å². The van der Waals surface area contributed by atoms with Gasteiger partial charge in [0.2, 0.25) is 0 Å². The first-order valence-corrected chi connectivity index (χ1v) is 10.4. The van der Waals surface area contributed by atoms with E-state index in [1.54, 1.807) is 0 Å². The maximum atomic E-state index is 13.5. The molecule has 0 aliphatic heterocycles. The van der Waals surface area contributed by atoms with Crippen LogP contribution in [0.4, 0.5) is 0 Å². The molecule has 1 aromatic heterocycles. The van der Waals surface area contributed by atoms with Crippen LogP contribution in [0.25, 0.3) is 10.9 Å². The number of aromatic amines is 1. The van der Waals surface area contributed by atoms with Gasteiger partial charge in [-0.25, -0.2) is 0 Å². The minimum Gasteiger partial charge on any atom is -0.358 e. The fraction of sp³-hybridized carbons (Fsp3) is 0.222. The van der Waals surface area contributed by atoms with E-state index in [4.69, 9.17) is 0 Å². The van der Waals surface area contributed by atoms with Gasteiger partial charge in [-0.2, -0.15) is 0 Å². The highest BCUT2D eigenvalue weighted by Crippen LogP contribution is 2.21. The Kier molecular flexibility index (Phi) is 5.82. The quantitative estimate of drug-likeness (QED) is 0.457. The molecule has 0 unspecified atom stereocenters. The number of nitrogens with one attached hydrogen (secondary N) is 1. The molecule has 1 N–H and O–H groups in total. The van der Waals surface area contributed by atoms with Gasteiger partial charge in [0, 0.05) is 36.3 Å². The number of nitrogens with zero attached hydrogens (tertiary/aromatic N) is 1. The number of H-pyrrole nitrogens is 1. The molecule has 1 heterocycles. The molecule has 0 amide bonds. The zero-order valence-electron chi connectivity index (χ0n) is 17.9. The Morgan fingerprint density at radius 1 is 0.700 bits per heavy atom. The number of benzene rings is 3. The Bertz CT molecular complexity index is 1170. The minimum atomic E-state index is 0.147. The first-order valence-electron chi connectivity index (χ1n) is 10.4. The van der Waals surface area contributed by atoms with Crippen molar-refractivity contribution in [2.45, 2.75) is 40.4 Å². The van der Waals surface area contributed by atoms with Gasteiger partial charge < -0.3 is 4.98 Å². The van der Waals surface area contributed by atoms with Gasteiger partial charge in [0.05, 0.1) is 5.52 Å². The Labute approximate surface area is 178 Å². The van der Waals surface area contributed by atoms with E-state index in [-0.39, 0.29) is 5.43 Å². The molecule has 0 saturated heterocycles. The highest BCUT2D eigenvalue weighted by molar-refractivity contribution is 5.85. The van der Waals surface area contributed by atoms with Crippen LogP contribution in [-0.4, -0.2) is 9.88 Å². The molecule has 0 spiro atoms. The van der Waals surface area contributed by atoms with Gasteiger partial charge in [-0.3, -0.25) is 9.69 Å². The van der Waals surface area contributed by atoms with Crippen molar-refractivity contribution in [3.63, 3.8) is 0 Å². The number of aryl methyl sites for hydroxylation is 3. The molecule has 4 rings (SSSR count). The second-order valence-electron chi connectivity index (χ2n) is 8.12. The van der Waals surface area contributed by atoms with E-state index in [0.29, 0.717) is 6.54 Å². The van der Waals surface area contributed by atoms with Gasteiger partial charge in [0.15, 0.2) is 5.43 Å². The van der Waals surface area contributed by atoms with E-state index in [0.717, 1.165) is 46.4 Å². The van der Waals surface area contributed by atoms with E-state index in [2.05, 4.69) is 64.5 Å². The van der Waals surface area contributed by atoms with Crippen molar-refractivity contribution in [3.8, 4) is 0 Å². The lowest BCUT2D eigenvalue weighted by Gasteiger charge is -2.24.